The first kappa shape index (κ1) is 38.3. The fraction of sp³-hybridized carbons (Fsp3) is 0.306. The Bertz CT molecular complexity index is 1960. The van der Waals surface area contributed by atoms with E-state index in [1.54, 1.807) is 46.3 Å². The molecule has 1 saturated heterocycles. The lowest BCUT2D eigenvalue weighted by Gasteiger charge is -2.41. The number of methoxy groups -OCH3 is 1. The number of halogens is 6. The Morgan fingerprint density at radius 1 is 0.981 bits per heavy atom. The van der Waals surface area contributed by atoms with Gasteiger partial charge in [-0.05, 0) is 80.5 Å². The highest BCUT2D eigenvalue weighted by Gasteiger charge is 2.65. The van der Waals surface area contributed by atoms with Gasteiger partial charge in [-0.15, -0.1) is 0 Å². The van der Waals surface area contributed by atoms with Gasteiger partial charge in [0.25, 0.3) is 5.91 Å². The molecular formula is C36H38F6N4O5S. The van der Waals surface area contributed by atoms with Gasteiger partial charge in [0, 0.05) is 48.2 Å². The second-order valence-corrected chi connectivity index (χ2v) is 14.9. The standard InChI is InChI=1S/C36H38F6N4O5S/c1-5-50-33-19-35(51-22-23-6-10-29(49-4)11-7-23)43-20-31(33)24-8-9-25(32(37)16-24)17-34(47)44-27-14-26(15-30(18-27)52(38,39,40,41)42)36(48)46-13-12-28(21-46)45(2)3/h6-11,14-16,18-20,28H,5,12-13,17,21-22H2,1-4H3,(H,44,47)/t28-/m1/s1. The molecule has 0 aliphatic carbocycles. The summed E-state index contributed by atoms with van der Waals surface area (Å²) in [6.07, 6.45) is 1.34. The number of likely N-dealkylation sites (tertiary alicyclic amines) is 1. The molecule has 1 atom stereocenters. The number of amides is 2. The first-order valence-electron chi connectivity index (χ1n) is 16.2. The van der Waals surface area contributed by atoms with Crippen LogP contribution in [0.2, 0.25) is 0 Å². The van der Waals surface area contributed by atoms with Gasteiger partial charge in [-0.3, -0.25) is 9.59 Å². The first-order valence-corrected chi connectivity index (χ1v) is 18.1. The monoisotopic (exact) mass is 752 g/mol. The molecule has 0 spiro atoms. The van der Waals surface area contributed by atoms with E-state index in [1.165, 1.54) is 23.2 Å². The van der Waals surface area contributed by atoms with Gasteiger partial charge < -0.3 is 29.3 Å². The van der Waals surface area contributed by atoms with E-state index >= 15 is 4.39 Å². The molecule has 0 radical (unpaired) electrons. The summed E-state index contributed by atoms with van der Waals surface area (Å²) < 4.78 is 102. The van der Waals surface area contributed by atoms with Crippen LogP contribution in [0.15, 0.2) is 77.8 Å². The number of likely N-dealkylation sites (N-methyl/N-ethyl adjacent to an activating group) is 1. The minimum absolute atomic E-state index is 0.0608. The molecule has 1 aliphatic heterocycles. The summed E-state index contributed by atoms with van der Waals surface area (Å²) in [6.45, 7) is 2.66. The number of hydrogen-bond donors (Lipinski definition) is 1. The lowest BCUT2D eigenvalue weighted by Crippen LogP contribution is -2.34. The number of ether oxygens (including phenoxy) is 3. The lowest BCUT2D eigenvalue weighted by atomic mass is 10.0. The predicted molar refractivity (Wildman–Crippen MR) is 186 cm³/mol. The maximum atomic E-state index is 15.4. The average Bonchev–Trinajstić information content (AvgIpc) is 3.58. The molecule has 52 heavy (non-hydrogen) atoms. The SMILES string of the molecule is CCOc1cc(OCc2ccc(OC)cc2)ncc1-c1ccc(CC(=O)Nc2cc(C(=O)N3CC[C@@H](N(C)C)C3)cc(S(F)(F)(F)(F)F)c2)c(F)c1. The summed E-state index contributed by atoms with van der Waals surface area (Å²) in [5.41, 5.74) is 0.178. The van der Waals surface area contributed by atoms with Crippen molar-refractivity contribution in [1.29, 1.82) is 0 Å². The van der Waals surface area contributed by atoms with Crippen LogP contribution in [0.5, 0.6) is 17.4 Å². The van der Waals surface area contributed by atoms with E-state index in [-0.39, 0.29) is 55.9 Å². The molecule has 0 saturated carbocycles. The molecule has 0 unspecified atom stereocenters. The van der Waals surface area contributed by atoms with E-state index in [9.17, 15) is 29.0 Å². The highest BCUT2D eigenvalue weighted by molar-refractivity contribution is 8.45. The molecule has 16 heteroatoms. The smallest absolute Gasteiger partial charge is 0.310 e. The first-order chi connectivity index (χ1) is 24.3. The highest BCUT2D eigenvalue weighted by Crippen LogP contribution is 3.02. The number of carbonyl (C=O) groups is 2. The molecule has 9 nitrogen and oxygen atoms in total. The molecule has 4 aromatic rings. The Labute approximate surface area is 297 Å². The van der Waals surface area contributed by atoms with Gasteiger partial charge >= 0.3 is 10.2 Å². The van der Waals surface area contributed by atoms with E-state index < -0.39 is 50.4 Å². The molecule has 1 aliphatic rings. The summed E-state index contributed by atoms with van der Waals surface area (Å²) in [5.74, 6) is -1.39. The zero-order chi connectivity index (χ0) is 37.9. The summed E-state index contributed by atoms with van der Waals surface area (Å²) in [6, 6.07) is 13.8. The molecule has 1 aromatic heterocycles. The molecule has 1 N–H and O–H groups in total. The van der Waals surface area contributed by atoms with Gasteiger partial charge in [0.2, 0.25) is 11.8 Å². The Kier molecular flexibility index (Phi) is 10.5. The Balaban J connectivity index is 1.32. The molecular weight excluding hydrogens is 714 g/mol. The van der Waals surface area contributed by atoms with Crippen LogP contribution < -0.4 is 19.5 Å². The van der Waals surface area contributed by atoms with E-state index in [2.05, 4.69) is 10.3 Å². The maximum Gasteiger partial charge on any atom is 0.310 e. The van der Waals surface area contributed by atoms with Crippen LogP contribution in [-0.4, -0.2) is 73.5 Å². The van der Waals surface area contributed by atoms with E-state index in [4.69, 9.17) is 14.2 Å². The number of rotatable bonds is 13. The fourth-order valence-corrected chi connectivity index (χ4v) is 6.35. The molecule has 2 heterocycles. The van der Waals surface area contributed by atoms with Crippen molar-refractivity contribution in [3.05, 3.63) is 95.4 Å². The minimum atomic E-state index is -10.3. The summed E-state index contributed by atoms with van der Waals surface area (Å²) >= 11 is 0. The van der Waals surface area contributed by atoms with Crippen LogP contribution in [0.1, 0.15) is 34.8 Å². The highest BCUT2D eigenvalue weighted by atomic mass is 32.5. The predicted octanol–water partition coefficient (Wildman–Crippen LogP) is 8.49. The van der Waals surface area contributed by atoms with Gasteiger partial charge in [0.05, 0.1) is 20.1 Å². The van der Waals surface area contributed by atoms with Crippen LogP contribution in [-0.2, 0) is 17.8 Å². The zero-order valence-electron chi connectivity index (χ0n) is 28.8. The van der Waals surface area contributed by atoms with Crippen molar-refractivity contribution in [2.75, 3.05) is 46.2 Å². The molecule has 2 amide bonds. The Morgan fingerprint density at radius 3 is 2.33 bits per heavy atom. The molecule has 0 bridgehead atoms. The van der Waals surface area contributed by atoms with E-state index in [1.807, 2.05) is 17.0 Å². The molecule has 3 aromatic carbocycles. The third-order valence-electron chi connectivity index (χ3n) is 8.47. The van der Waals surface area contributed by atoms with Gasteiger partial charge in [-0.2, -0.15) is 0 Å². The van der Waals surface area contributed by atoms with Crippen molar-refractivity contribution in [2.45, 2.75) is 37.3 Å². The van der Waals surface area contributed by atoms with Crippen molar-refractivity contribution >= 4 is 27.7 Å². The average molecular weight is 753 g/mol. The number of nitrogens with zero attached hydrogens (tertiary/aromatic N) is 3. The van der Waals surface area contributed by atoms with E-state index in [0.29, 0.717) is 29.0 Å². The van der Waals surface area contributed by atoms with Gasteiger partial charge in [0.15, 0.2) is 0 Å². The van der Waals surface area contributed by atoms with E-state index in [0.717, 1.165) is 17.7 Å². The number of anilines is 1. The number of nitrogens with one attached hydrogen (secondary N) is 1. The summed E-state index contributed by atoms with van der Waals surface area (Å²) in [4.78, 5) is 31.2. The second kappa shape index (κ2) is 14.2. The van der Waals surface area contributed by atoms with Crippen LogP contribution in [0.4, 0.5) is 29.5 Å². The fourth-order valence-electron chi connectivity index (χ4n) is 5.65. The number of carbonyl (C=O) groups excluding carboxylic acids is 2. The molecule has 1 fully saturated rings. The van der Waals surface area contributed by atoms with Crippen LogP contribution in [0.25, 0.3) is 11.1 Å². The summed E-state index contributed by atoms with van der Waals surface area (Å²) in [5, 5.41) is 2.14. The van der Waals surface area contributed by atoms with Gasteiger partial charge in [0.1, 0.15) is 28.8 Å². The van der Waals surface area contributed by atoms with Crippen molar-refractivity contribution < 1.29 is 47.6 Å². The largest absolute Gasteiger partial charge is 0.497 e. The number of aromatic nitrogens is 1. The van der Waals surface area contributed by atoms with Crippen LogP contribution in [0.3, 0.4) is 0 Å². The normalized spacial score (nSPS) is 15.9. The third kappa shape index (κ3) is 9.47. The topological polar surface area (TPSA) is 93.2 Å². The third-order valence-corrected chi connectivity index (χ3v) is 9.59. The molecule has 5 rings (SSSR count). The van der Waals surface area contributed by atoms with Crippen molar-refractivity contribution in [1.82, 2.24) is 14.8 Å². The lowest BCUT2D eigenvalue weighted by molar-refractivity contribution is -0.115. The number of pyridine rings is 1. The minimum Gasteiger partial charge on any atom is -0.497 e. The van der Waals surface area contributed by atoms with Crippen molar-refractivity contribution in [3.8, 4) is 28.5 Å². The molecule has 280 valence electrons. The maximum absolute atomic E-state index is 15.4. The van der Waals surface area contributed by atoms with Gasteiger partial charge in [-0.1, -0.05) is 43.7 Å². The van der Waals surface area contributed by atoms with Gasteiger partial charge in [-0.25, -0.2) is 9.37 Å². The van der Waals surface area contributed by atoms with Crippen molar-refractivity contribution in [3.63, 3.8) is 0 Å². The second-order valence-electron chi connectivity index (χ2n) is 12.5. The number of hydrogen-bond acceptors (Lipinski definition) is 7. The Morgan fingerprint density at radius 2 is 1.71 bits per heavy atom. The van der Waals surface area contributed by atoms with Crippen LogP contribution >= 0.6 is 10.2 Å². The quantitative estimate of drug-likeness (QED) is 0.137. The summed E-state index contributed by atoms with van der Waals surface area (Å²) in [7, 11) is -5.14. The zero-order valence-corrected chi connectivity index (χ0v) is 29.6. The Hall–Kier alpha value is -4.96. The van der Waals surface area contributed by atoms with Crippen LogP contribution in [0, 0.1) is 5.82 Å². The number of benzene rings is 3. The van der Waals surface area contributed by atoms with Crippen molar-refractivity contribution in [2.24, 2.45) is 0 Å².